The lowest BCUT2D eigenvalue weighted by molar-refractivity contribution is 0.216. The van der Waals surface area contributed by atoms with E-state index < -0.39 is 0 Å². The number of hydrogen-bond acceptors (Lipinski definition) is 0. The molecule has 1 atom stereocenters. The second-order valence-electron chi connectivity index (χ2n) is 6.15. The lowest BCUT2D eigenvalue weighted by Crippen LogP contribution is -2.18. The molecule has 0 heteroatoms. The molecule has 1 rings (SSSR count). The predicted octanol–water partition coefficient (Wildman–Crippen LogP) is 6.34. The largest absolute Gasteiger partial charge is 0.0654 e. The Labute approximate surface area is 110 Å². The molecule has 0 bridgehead atoms. The van der Waals surface area contributed by atoms with Crippen molar-refractivity contribution in [1.82, 2.24) is 0 Å². The summed E-state index contributed by atoms with van der Waals surface area (Å²) in [5, 5.41) is 0. The fraction of sp³-hybridized carbons (Fsp3) is 1.00. The Morgan fingerprint density at radius 1 is 0.765 bits per heavy atom. The van der Waals surface area contributed by atoms with Crippen LogP contribution in [-0.4, -0.2) is 0 Å². The Morgan fingerprint density at radius 3 is 2.06 bits per heavy atom. The van der Waals surface area contributed by atoms with Crippen molar-refractivity contribution >= 4 is 0 Å². The molecule has 1 aliphatic rings. The maximum absolute atomic E-state index is 2.34. The van der Waals surface area contributed by atoms with E-state index in [0.29, 0.717) is 0 Å². The molecule has 1 saturated carbocycles. The number of hydrogen-bond donors (Lipinski definition) is 0. The monoisotopic (exact) mass is 238 g/mol. The Bertz CT molecular complexity index is 155. The molecule has 0 nitrogen and oxygen atoms in total. The number of unbranched alkanes of at least 4 members (excludes halogenated alkanes) is 4. The maximum atomic E-state index is 2.34. The van der Waals surface area contributed by atoms with Crippen molar-refractivity contribution in [3.63, 3.8) is 0 Å². The summed E-state index contributed by atoms with van der Waals surface area (Å²) in [5.74, 6) is 2.17. The summed E-state index contributed by atoms with van der Waals surface area (Å²) in [5.41, 5.74) is 0. The zero-order chi connectivity index (χ0) is 12.3. The van der Waals surface area contributed by atoms with E-state index in [1.807, 2.05) is 0 Å². The van der Waals surface area contributed by atoms with Crippen LogP contribution in [0.15, 0.2) is 0 Å². The summed E-state index contributed by atoms with van der Waals surface area (Å²) in [6, 6.07) is 0. The van der Waals surface area contributed by atoms with Crippen LogP contribution in [0, 0.1) is 11.8 Å². The van der Waals surface area contributed by atoms with Gasteiger partial charge in [0.2, 0.25) is 0 Å². The SMILES string of the molecule is CCCCCCC(CCCC)C1CCCCC1. The van der Waals surface area contributed by atoms with Gasteiger partial charge in [-0.25, -0.2) is 0 Å². The van der Waals surface area contributed by atoms with E-state index >= 15 is 0 Å². The van der Waals surface area contributed by atoms with Crippen LogP contribution in [-0.2, 0) is 0 Å². The van der Waals surface area contributed by atoms with Gasteiger partial charge in [-0.1, -0.05) is 97.3 Å². The minimum atomic E-state index is 1.08. The van der Waals surface area contributed by atoms with Gasteiger partial charge in [-0.3, -0.25) is 0 Å². The molecule has 0 aliphatic heterocycles. The first kappa shape index (κ1) is 15.1. The van der Waals surface area contributed by atoms with Crippen LogP contribution in [0.1, 0.15) is 97.3 Å². The topological polar surface area (TPSA) is 0 Å². The van der Waals surface area contributed by atoms with Crippen LogP contribution in [0.2, 0.25) is 0 Å². The van der Waals surface area contributed by atoms with Crippen LogP contribution >= 0.6 is 0 Å². The van der Waals surface area contributed by atoms with Crippen LogP contribution < -0.4 is 0 Å². The average Bonchev–Trinajstić information content (AvgIpc) is 2.39. The minimum absolute atomic E-state index is 1.08. The first-order valence-electron chi connectivity index (χ1n) is 8.38. The molecule has 1 fully saturated rings. The normalized spacial score (nSPS) is 19.4. The highest BCUT2D eigenvalue weighted by atomic mass is 14.3. The summed E-state index contributed by atoms with van der Waals surface area (Å²) < 4.78 is 0. The molecule has 17 heavy (non-hydrogen) atoms. The second kappa shape index (κ2) is 9.97. The van der Waals surface area contributed by atoms with Crippen LogP contribution in [0.25, 0.3) is 0 Å². The minimum Gasteiger partial charge on any atom is -0.0654 e. The van der Waals surface area contributed by atoms with Crippen molar-refractivity contribution in [1.29, 1.82) is 0 Å². The van der Waals surface area contributed by atoms with Gasteiger partial charge in [0.25, 0.3) is 0 Å². The molecule has 0 N–H and O–H groups in total. The quantitative estimate of drug-likeness (QED) is 0.411. The average molecular weight is 238 g/mol. The van der Waals surface area contributed by atoms with Gasteiger partial charge in [0.1, 0.15) is 0 Å². The smallest absolute Gasteiger partial charge is 0.0386 e. The molecule has 102 valence electrons. The Balaban J connectivity index is 2.25. The fourth-order valence-electron chi connectivity index (χ4n) is 3.52. The van der Waals surface area contributed by atoms with Gasteiger partial charge < -0.3 is 0 Å². The van der Waals surface area contributed by atoms with Crippen LogP contribution in [0.4, 0.5) is 0 Å². The summed E-state index contributed by atoms with van der Waals surface area (Å²) in [4.78, 5) is 0. The van der Waals surface area contributed by atoms with E-state index in [1.165, 1.54) is 70.6 Å². The summed E-state index contributed by atoms with van der Waals surface area (Å²) in [7, 11) is 0. The lowest BCUT2D eigenvalue weighted by atomic mass is 9.75. The molecule has 0 aromatic carbocycles. The third kappa shape index (κ3) is 6.48. The van der Waals surface area contributed by atoms with E-state index in [1.54, 1.807) is 12.8 Å². The highest BCUT2D eigenvalue weighted by Gasteiger charge is 2.22. The van der Waals surface area contributed by atoms with Crippen LogP contribution in [0.5, 0.6) is 0 Å². The highest BCUT2D eigenvalue weighted by Crippen LogP contribution is 2.35. The molecular weight excluding hydrogens is 204 g/mol. The molecule has 0 amide bonds. The van der Waals surface area contributed by atoms with Crippen molar-refractivity contribution in [3.8, 4) is 0 Å². The Morgan fingerprint density at radius 2 is 1.41 bits per heavy atom. The van der Waals surface area contributed by atoms with E-state index in [-0.39, 0.29) is 0 Å². The van der Waals surface area contributed by atoms with Gasteiger partial charge >= 0.3 is 0 Å². The fourth-order valence-corrected chi connectivity index (χ4v) is 3.52. The van der Waals surface area contributed by atoms with Gasteiger partial charge in [-0.2, -0.15) is 0 Å². The Hall–Kier alpha value is 0. The third-order valence-corrected chi connectivity index (χ3v) is 4.67. The van der Waals surface area contributed by atoms with Crippen molar-refractivity contribution in [2.75, 3.05) is 0 Å². The number of rotatable bonds is 9. The molecule has 0 spiro atoms. The first-order chi connectivity index (χ1) is 8.38. The van der Waals surface area contributed by atoms with E-state index in [9.17, 15) is 0 Å². The standard InChI is InChI=1S/C17H34/c1-3-5-7-9-13-16(12-6-4-2)17-14-10-8-11-15-17/h16-17H,3-15H2,1-2H3. The van der Waals surface area contributed by atoms with Crippen molar-refractivity contribution in [2.45, 2.75) is 97.3 Å². The highest BCUT2D eigenvalue weighted by molar-refractivity contribution is 4.74. The van der Waals surface area contributed by atoms with Crippen molar-refractivity contribution < 1.29 is 0 Å². The van der Waals surface area contributed by atoms with E-state index in [4.69, 9.17) is 0 Å². The van der Waals surface area contributed by atoms with Gasteiger partial charge in [0.15, 0.2) is 0 Å². The first-order valence-corrected chi connectivity index (χ1v) is 8.38. The zero-order valence-corrected chi connectivity index (χ0v) is 12.3. The molecular formula is C17H34. The second-order valence-corrected chi connectivity index (χ2v) is 6.15. The molecule has 0 aromatic rings. The van der Waals surface area contributed by atoms with Gasteiger partial charge in [-0.15, -0.1) is 0 Å². The lowest BCUT2D eigenvalue weighted by Gasteiger charge is -2.30. The van der Waals surface area contributed by atoms with Gasteiger partial charge in [-0.05, 0) is 11.8 Å². The van der Waals surface area contributed by atoms with Gasteiger partial charge in [0.05, 0.1) is 0 Å². The molecule has 1 aliphatic carbocycles. The van der Waals surface area contributed by atoms with E-state index in [0.717, 1.165) is 11.8 Å². The third-order valence-electron chi connectivity index (χ3n) is 4.67. The summed E-state index contributed by atoms with van der Waals surface area (Å²) in [6.07, 6.45) is 19.3. The van der Waals surface area contributed by atoms with Crippen molar-refractivity contribution in [3.05, 3.63) is 0 Å². The molecule has 0 saturated heterocycles. The van der Waals surface area contributed by atoms with Crippen molar-refractivity contribution in [2.24, 2.45) is 11.8 Å². The Kier molecular flexibility index (Phi) is 8.83. The predicted molar refractivity (Wildman–Crippen MR) is 78.3 cm³/mol. The molecule has 0 radical (unpaired) electrons. The molecule has 0 heterocycles. The molecule has 1 unspecified atom stereocenters. The zero-order valence-electron chi connectivity index (χ0n) is 12.3. The van der Waals surface area contributed by atoms with Crippen LogP contribution in [0.3, 0.4) is 0 Å². The summed E-state index contributed by atoms with van der Waals surface area (Å²) >= 11 is 0. The molecule has 0 aromatic heterocycles. The van der Waals surface area contributed by atoms with E-state index in [2.05, 4.69) is 13.8 Å². The summed E-state index contributed by atoms with van der Waals surface area (Å²) in [6.45, 7) is 4.66. The maximum Gasteiger partial charge on any atom is -0.0386 e. The van der Waals surface area contributed by atoms with Gasteiger partial charge in [0, 0.05) is 0 Å².